The van der Waals surface area contributed by atoms with Crippen LogP contribution in [0.3, 0.4) is 0 Å². The van der Waals surface area contributed by atoms with E-state index in [-0.39, 0.29) is 5.91 Å². The standard InChI is InChI=1S/C20H25ClN2O4/c1-13(2)6-8-27-19-16(21)10-15(11-17(19)25-3)20(24)23-12-14-5-7-22-18(9-14)26-4/h5,7,9-11,13H,6,8,12H2,1-4H3,(H,23,24). The summed E-state index contributed by atoms with van der Waals surface area (Å²) >= 11 is 6.32. The normalized spacial score (nSPS) is 10.6. The Morgan fingerprint density at radius 3 is 2.67 bits per heavy atom. The summed E-state index contributed by atoms with van der Waals surface area (Å²) in [5, 5.41) is 3.19. The maximum atomic E-state index is 12.5. The van der Waals surface area contributed by atoms with Crippen LogP contribution in [0.15, 0.2) is 30.5 Å². The molecule has 0 aliphatic carbocycles. The van der Waals surface area contributed by atoms with Gasteiger partial charge in [0.25, 0.3) is 5.91 Å². The summed E-state index contributed by atoms with van der Waals surface area (Å²) in [6.07, 6.45) is 2.53. The first-order chi connectivity index (χ1) is 12.9. The van der Waals surface area contributed by atoms with Crippen LogP contribution in [0, 0.1) is 5.92 Å². The molecule has 2 aromatic rings. The molecule has 0 spiro atoms. The minimum Gasteiger partial charge on any atom is -0.493 e. The molecule has 7 heteroatoms. The molecule has 0 saturated heterocycles. The number of carbonyl (C=O) groups excluding carboxylic acids is 1. The number of hydrogen-bond donors (Lipinski definition) is 1. The van der Waals surface area contributed by atoms with Crippen LogP contribution in [0.1, 0.15) is 36.2 Å². The highest BCUT2D eigenvalue weighted by molar-refractivity contribution is 6.32. The van der Waals surface area contributed by atoms with Crippen LogP contribution in [-0.2, 0) is 6.54 Å². The SMILES string of the molecule is COc1cc(CNC(=O)c2cc(Cl)c(OCCC(C)C)c(OC)c2)ccn1. The van der Waals surface area contributed by atoms with Gasteiger partial charge >= 0.3 is 0 Å². The molecular weight excluding hydrogens is 368 g/mol. The van der Waals surface area contributed by atoms with E-state index >= 15 is 0 Å². The number of hydrogen-bond acceptors (Lipinski definition) is 5. The van der Waals surface area contributed by atoms with Crippen LogP contribution in [0.4, 0.5) is 0 Å². The number of benzene rings is 1. The number of amides is 1. The Balaban J connectivity index is 2.08. The fraction of sp³-hybridized carbons (Fsp3) is 0.400. The van der Waals surface area contributed by atoms with Crippen LogP contribution in [0.2, 0.25) is 5.02 Å². The molecule has 0 aliphatic heterocycles. The monoisotopic (exact) mass is 392 g/mol. The van der Waals surface area contributed by atoms with E-state index in [2.05, 4.69) is 24.1 Å². The summed E-state index contributed by atoms with van der Waals surface area (Å²) in [6.45, 7) is 5.11. The molecule has 0 saturated carbocycles. The minimum absolute atomic E-state index is 0.264. The van der Waals surface area contributed by atoms with E-state index in [1.54, 1.807) is 31.5 Å². The topological polar surface area (TPSA) is 69.7 Å². The van der Waals surface area contributed by atoms with E-state index in [4.69, 9.17) is 25.8 Å². The molecule has 0 bridgehead atoms. The van der Waals surface area contributed by atoms with Crippen molar-refractivity contribution in [2.45, 2.75) is 26.8 Å². The lowest BCUT2D eigenvalue weighted by Gasteiger charge is -2.15. The predicted molar refractivity (Wildman–Crippen MR) is 105 cm³/mol. The van der Waals surface area contributed by atoms with E-state index in [9.17, 15) is 4.79 Å². The van der Waals surface area contributed by atoms with Gasteiger partial charge in [0.2, 0.25) is 5.88 Å². The zero-order valence-electron chi connectivity index (χ0n) is 16.0. The fourth-order valence-electron chi connectivity index (χ4n) is 2.34. The van der Waals surface area contributed by atoms with E-state index in [1.165, 1.54) is 7.11 Å². The molecule has 2 rings (SSSR count). The number of nitrogens with zero attached hydrogens (tertiary/aromatic N) is 1. The molecule has 0 radical (unpaired) electrons. The van der Waals surface area contributed by atoms with Crippen molar-refractivity contribution < 1.29 is 19.0 Å². The van der Waals surface area contributed by atoms with Gasteiger partial charge in [-0.05, 0) is 36.1 Å². The summed E-state index contributed by atoms with van der Waals surface area (Å²) in [7, 11) is 3.07. The molecule has 0 fully saturated rings. The van der Waals surface area contributed by atoms with Gasteiger partial charge in [-0.15, -0.1) is 0 Å². The van der Waals surface area contributed by atoms with Crippen molar-refractivity contribution in [3.63, 3.8) is 0 Å². The third-order valence-corrected chi connectivity index (χ3v) is 4.18. The summed E-state index contributed by atoms with van der Waals surface area (Å²) in [4.78, 5) is 16.5. The largest absolute Gasteiger partial charge is 0.493 e. The second kappa shape index (κ2) is 10.0. The van der Waals surface area contributed by atoms with Gasteiger partial charge in [-0.3, -0.25) is 4.79 Å². The molecule has 1 N–H and O–H groups in total. The number of aromatic nitrogens is 1. The average Bonchev–Trinajstić information content (AvgIpc) is 2.66. The number of nitrogens with one attached hydrogen (secondary N) is 1. The van der Waals surface area contributed by atoms with Gasteiger partial charge in [-0.2, -0.15) is 0 Å². The molecule has 27 heavy (non-hydrogen) atoms. The molecule has 0 unspecified atom stereocenters. The fourth-order valence-corrected chi connectivity index (χ4v) is 2.61. The zero-order valence-corrected chi connectivity index (χ0v) is 16.8. The number of rotatable bonds is 9. The zero-order chi connectivity index (χ0) is 19.8. The van der Waals surface area contributed by atoms with E-state index in [1.807, 2.05) is 6.07 Å². The van der Waals surface area contributed by atoms with E-state index < -0.39 is 0 Å². The van der Waals surface area contributed by atoms with Gasteiger partial charge in [0.1, 0.15) is 0 Å². The molecule has 0 atom stereocenters. The van der Waals surface area contributed by atoms with Crippen molar-refractivity contribution in [3.05, 3.63) is 46.6 Å². The minimum atomic E-state index is -0.264. The molecule has 6 nitrogen and oxygen atoms in total. The van der Waals surface area contributed by atoms with Crippen molar-refractivity contribution in [2.24, 2.45) is 5.92 Å². The molecular formula is C20H25ClN2O4. The van der Waals surface area contributed by atoms with Gasteiger partial charge in [-0.25, -0.2) is 4.98 Å². The lowest BCUT2D eigenvalue weighted by Crippen LogP contribution is -2.23. The number of ether oxygens (including phenoxy) is 3. The Bertz CT molecular complexity index is 781. The Kier molecular flexibility index (Phi) is 7.73. The van der Waals surface area contributed by atoms with Crippen molar-refractivity contribution in [3.8, 4) is 17.4 Å². The van der Waals surface area contributed by atoms with Crippen molar-refractivity contribution >= 4 is 17.5 Å². The van der Waals surface area contributed by atoms with Gasteiger partial charge < -0.3 is 19.5 Å². The first-order valence-corrected chi connectivity index (χ1v) is 9.09. The molecule has 1 aromatic carbocycles. The van der Waals surface area contributed by atoms with E-state index in [0.29, 0.717) is 47.0 Å². The molecule has 1 aromatic heterocycles. The van der Waals surface area contributed by atoms with Gasteiger partial charge in [0, 0.05) is 24.4 Å². The van der Waals surface area contributed by atoms with Gasteiger partial charge in [-0.1, -0.05) is 25.4 Å². The highest BCUT2D eigenvalue weighted by Gasteiger charge is 2.16. The van der Waals surface area contributed by atoms with Crippen LogP contribution in [-0.4, -0.2) is 31.7 Å². The van der Waals surface area contributed by atoms with Crippen LogP contribution >= 0.6 is 11.6 Å². The summed E-state index contributed by atoms with van der Waals surface area (Å²) in [5.74, 6) is 1.64. The highest BCUT2D eigenvalue weighted by Crippen LogP contribution is 2.36. The van der Waals surface area contributed by atoms with Crippen molar-refractivity contribution in [1.29, 1.82) is 0 Å². The predicted octanol–water partition coefficient (Wildman–Crippen LogP) is 4.11. The van der Waals surface area contributed by atoms with Gasteiger partial charge in [0.05, 0.1) is 25.8 Å². The first-order valence-electron chi connectivity index (χ1n) is 8.72. The summed E-state index contributed by atoms with van der Waals surface area (Å²) in [6, 6.07) is 6.78. The van der Waals surface area contributed by atoms with Crippen molar-refractivity contribution in [2.75, 3.05) is 20.8 Å². The number of halogens is 1. The maximum Gasteiger partial charge on any atom is 0.251 e. The molecule has 1 heterocycles. The van der Waals surface area contributed by atoms with Crippen LogP contribution in [0.5, 0.6) is 17.4 Å². The first kappa shape index (κ1) is 20.8. The summed E-state index contributed by atoms with van der Waals surface area (Å²) < 4.78 is 16.2. The van der Waals surface area contributed by atoms with E-state index in [0.717, 1.165) is 12.0 Å². The second-order valence-corrected chi connectivity index (χ2v) is 6.82. The Labute approximate surface area is 164 Å². The number of methoxy groups -OCH3 is 2. The third-order valence-electron chi connectivity index (χ3n) is 3.89. The quantitative estimate of drug-likeness (QED) is 0.695. The summed E-state index contributed by atoms with van der Waals surface area (Å²) in [5.41, 5.74) is 1.27. The molecule has 0 aliphatic rings. The van der Waals surface area contributed by atoms with Crippen LogP contribution in [0.25, 0.3) is 0 Å². The Morgan fingerprint density at radius 1 is 1.22 bits per heavy atom. The molecule has 1 amide bonds. The van der Waals surface area contributed by atoms with Crippen molar-refractivity contribution in [1.82, 2.24) is 10.3 Å². The lowest BCUT2D eigenvalue weighted by molar-refractivity contribution is 0.0950. The average molecular weight is 393 g/mol. The lowest BCUT2D eigenvalue weighted by atomic mass is 10.1. The Hall–Kier alpha value is -2.47. The number of carbonyl (C=O) groups is 1. The maximum absolute atomic E-state index is 12.5. The second-order valence-electron chi connectivity index (χ2n) is 6.41. The molecule has 146 valence electrons. The highest BCUT2D eigenvalue weighted by atomic mass is 35.5. The Morgan fingerprint density at radius 2 is 2.00 bits per heavy atom. The van der Waals surface area contributed by atoms with Gasteiger partial charge in [0.15, 0.2) is 11.5 Å². The third kappa shape index (κ3) is 6.03. The van der Waals surface area contributed by atoms with Crippen LogP contribution < -0.4 is 19.5 Å². The smallest absolute Gasteiger partial charge is 0.251 e. The number of pyridine rings is 1.